The lowest BCUT2D eigenvalue weighted by molar-refractivity contribution is 0.729. The van der Waals surface area contributed by atoms with E-state index in [2.05, 4.69) is 47.9 Å². The first-order valence-corrected chi connectivity index (χ1v) is 6.38. The minimum Gasteiger partial charge on any atom is -0.361 e. The standard InChI is InChI=1S/C15H14N2S/c1-10-6-8-11(9-7-10)14-16-13-5-3-2-4-12(13)15(18)17-14/h2-9,14,16H,1H3,(H,17,18). The molecule has 2 nitrogen and oxygen atoms in total. The molecule has 0 amide bonds. The van der Waals surface area contributed by atoms with E-state index >= 15 is 0 Å². The topological polar surface area (TPSA) is 24.1 Å². The first-order chi connectivity index (χ1) is 8.74. The maximum Gasteiger partial charge on any atom is 0.124 e. The van der Waals surface area contributed by atoms with Gasteiger partial charge in [0.15, 0.2) is 0 Å². The molecule has 2 N–H and O–H groups in total. The Balaban J connectivity index is 1.94. The van der Waals surface area contributed by atoms with Gasteiger partial charge in [-0.2, -0.15) is 0 Å². The molecule has 1 heterocycles. The average molecular weight is 254 g/mol. The Morgan fingerprint density at radius 2 is 1.67 bits per heavy atom. The number of benzene rings is 2. The van der Waals surface area contributed by atoms with Crippen molar-refractivity contribution in [2.45, 2.75) is 13.1 Å². The van der Waals surface area contributed by atoms with E-state index in [9.17, 15) is 0 Å². The summed E-state index contributed by atoms with van der Waals surface area (Å²) in [6.45, 7) is 2.09. The Morgan fingerprint density at radius 1 is 0.944 bits per heavy atom. The Morgan fingerprint density at radius 3 is 2.44 bits per heavy atom. The van der Waals surface area contributed by atoms with Gasteiger partial charge in [-0.1, -0.05) is 54.2 Å². The highest BCUT2D eigenvalue weighted by atomic mass is 32.1. The van der Waals surface area contributed by atoms with Crippen LogP contribution in [0, 0.1) is 6.92 Å². The van der Waals surface area contributed by atoms with Crippen LogP contribution in [0.15, 0.2) is 48.5 Å². The van der Waals surface area contributed by atoms with Crippen LogP contribution in [-0.4, -0.2) is 4.99 Å². The summed E-state index contributed by atoms with van der Waals surface area (Å²) < 4.78 is 0. The molecule has 2 aromatic rings. The number of hydrogen-bond acceptors (Lipinski definition) is 2. The molecular formula is C15H14N2S. The van der Waals surface area contributed by atoms with Crippen molar-refractivity contribution in [1.29, 1.82) is 0 Å². The summed E-state index contributed by atoms with van der Waals surface area (Å²) in [6, 6.07) is 16.6. The quantitative estimate of drug-likeness (QED) is 0.763. The fraction of sp³-hybridized carbons (Fsp3) is 0.133. The van der Waals surface area contributed by atoms with Gasteiger partial charge in [-0.25, -0.2) is 0 Å². The molecule has 1 aliphatic rings. The van der Waals surface area contributed by atoms with E-state index in [-0.39, 0.29) is 6.17 Å². The van der Waals surface area contributed by atoms with E-state index in [0.29, 0.717) is 0 Å². The monoisotopic (exact) mass is 254 g/mol. The number of nitrogens with one attached hydrogen (secondary N) is 2. The molecule has 3 heteroatoms. The number of rotatable bonds is 1. The van der Waals surface area contributed by atoms with Gasteiger partial charge in [0, 0.05) is 11.3 Å². The Kier molecular flexibility index (Phi) is 2.76. The number of aryl methyl sites for hydroxylation is 1. The maximum atomic E-state index is 5.41. The number of anilines is 1. The molecule has 18 heavy (non-hydrogen) atoms. The zero-order valence-corrected chi connectivity index (χ0v) is 10.9. The van der Waals surface area contributed by atoms with Crippen LogP contribution in [-0.2, 0) is 0 Å². The van der Waals surface area contributed by atoms with Crippen LogP contribution in [0.25, 0.3) is 0 Å². The second-order valence-corrected chi connectivity index (χ2v) is 4.92. The molecule has 0 radical (unpaired) electrons. The first kappa shape index (κ1) is 11.2. The van der Waals surface area contributed by atoms with Gasteiger partial charge in [-0.3, -0.25) is 0 Å². The molecule has 0 fully saturated rings. The van der Waals surface area contributed by atoms with Gasteiger partial charge in [-0.05, 0) is 24.6 Å². The van der Waals surface area contributed by atoms with Gasteiger partial charge in [0.2, 0.25) is 0 Å². The maximum absolute atomic E-state index is 5.41. The van der Waals surface area contributed by atoms with Crippen molar-refractivity contribution in [1.82, 2.24) is 5.32 Å². The van der Waals surface area contributed by atoms with E-state index in [1.807, 2.05) is 18.2 Å². The second-order valence-electron chi connectivity index (χ2n) is 4.51. The summed E-state index contributed by atoms with van der Waals surface area (Å²) in [5.74, 6) is 0. The van der Waals surface area contributed by atoms with Gasteiger partial charge < -0.3 is 10.6 Å². The molecule has 0 spiro atoms. The van der Waals surface area contributed by atoms with Crippen LogP contribution >= 0.6 is 12.2 Å². The molecule has 3 rings (SSSR count). The molecule has 0 saturated heterocycles. The van der Waals surface area contributed by atoms with Crippen molar-refractivity contribution in [3.63, 3.8) is 0 Å². The summed E-state index contributed by atoms with van der Waals surface area (Å²) in [7, 11) is 0. The molecule has 1 unspecified atom stereocenters. The van der Waals surface area contributed by atoms with E-state index in [0.717, 1.165) is 16.2 Å². The predicted molar refractivity (Wildman–Crippen MR) is 78.8 cm³/mol. The molecular weight excluding hydrogens is 240 g/mol. The lowest BCUT2D eigenvalue weighted by atomic mass is 10.1. The Hall–Kier alpha value is -1.87. The fourth-order valence-corrected chi connectivity index (χ4v) is 2.43. The highest BCUT2D eigenvalue weighted by molar-refractivity contribution is 7.80. The summed E-state index contributed by atoms with van der Waals surface area (Å²) in [5, 5.41) is 6.79. The fourth-order valence-electron chi connectivity index (χ4n) is 2.13. The molecule has 1 atom stereocenters. The van der Waals surface area contributed by atoms with Gasteiger partial charge in [0.05, 0.1) is 0 Å². The van der Waals surface area contributed by atoms with Crippen molar-refractivity contribution >= 4 is 22.9 Å². The van der Waals surface area contributed by atoms with Crippen LogP contribution < -0.4 is 10.6 Å². The van der Waals surface area contributed by atoms with Crippen LogP contribution in [0.1, 0.15) is 22.9 Å². The molecule has 2 aromatic carbocycles. The van der Waals surface area contributed by atoms with Crippen molar-refractivity contribution in [3.8, 4) is 0 Å². The molecule has 90 valence electrons. The lowest BCUT2D eigenvalue weighted by Gasteiger charge is -2.29. The van der Waals surface area contributed by atoms with Crippen molar-refractivity contribution in [3.05, 3.63) is 65.2 Å². The number of para-hydroxylation sites is 1. The minimum absolute atomic E-state index is 0.0491. The Labute approximate surface area is 112 Å². The third-order valence-electron chi connectivity index (χ3n) is 3.16. The third kappa shape index (κ3) is 1.97. The summed E-state index contributed by atoms with van der Waals surface area (Å²) in [6.07, 6.45) is 0.0491. The number of hydrogen-bond donors (Lipinski definition) is 2. The van der Waals surface area contributed by atoms with Gasteiger partial charge in [0.25, 0.3) is 0 Å². The smallest absolute Gasteiger partial charge is 0.124 e. The van der Waals surface area contributed by atoms with E-state index in [4.69, 9.17) is 12.2 Å². The molecule has 0 aromatic heterocycles. The summed E-state index contributed by atoms with van der Waals surface area (Å²) >= 11 is 5.41. The van der Waals surface area contributed by atoms with Gasteiger partial charge in [0.1, 0.15) is 11.2 Å². The highest BCUT2D eigenvalue weighted by Crippen LogP contribution is 2.26. The zero-order valence-electron chi connectivity index (χ0n) is 10.1. The third-order valence-corrected chi connectivity index (χ3v) is 3.50. The highest BCUT2D eigenvalue weighted by Gasteiger charge is 2.21. The van der Waals surface area contributed by atoms with Crippen molar-refractivity contribution in [2.75, 3.05) is 5.32 Å². The molecule has 0 saturated carbocycles. The number of thiocarbonyl (C=S) groups is 1. The first-order valence-electron chi connectivity index (χ1n) is 5.97. The van der Waals surface area contributed by atoms with E-state index in [1.165, 1.54) is 11.1 Å². The van der Waals surface area contributed by atoms with Gasteiger partial charge in [-0.15, -0.1) is 0 Å². The van der Waals surface area contributed by atoms with Crippen LogP contribution in [0.4, 0.5) is 5.69 Å². The lowest BCUT2D eigenvalue weighted by Crippen LogP contribution is -2.37. The predicted octanol–water partition coefficient (Wildman–Crippen LogP) is 3.38. The van der Waals surface area contributed by atoms with Crippen LogP contribution in [0.5, 0.6) is 0 Å². The summed E-state index contributed by atoms with van der Waals surface area (Å²) in [5.41, 5.74) is 4.61. The molecule has 0 bridgehead atoms. The average Bonchev–Trinajstić information content (AvgIpc) is 2.39. The SMILES string of the molecule is Cc1ccc(C2NC(=S)c3ccccc3N2)cc1. The summed E-state index contributed by atoms with van der Waals surface area (Å²) in [4.78, 5) is 0.801. The molecule has 1 aliphatic heterocycles. The van der Waals surface area contributed by atoms with Crippen LogP contribution in [0.2, 0.25) is 0 Å². The zero-order chi connectivity index (χ0) is 12.5. The van der Waals surface area contributed by atoms with Crippen molar-refractivity contribution in [2.24, 2.45) is 0 Å². The van der Waals surface area contributed by atoms with Gasteiger partial charge >= 0.3 is 0 Å². The molecule has 0 aliphatic carbocycles. The Bertz CT molecular complexity index is 590. The largest absolute Gasteiger partial charge is 0.361 e. The second kappa shape index (κ2) is 4.42. The minimum atomic E-state index is 0.0491. The van der Waals surface area contributed by atoms with Crippen molar-refractivity contribution < 1.29 is 0 Å². The number of fused-ring (bicyclic) bond motifs is 1. The van der Waals surface area contributed by atoms with E-state index < -0.39 is 0 Å². The van der Waals surface area contributed by atoms with Crippen LogP contribution in [0.3, 0.4) is 0 Å². The normalized spacial score (nSPS) is 17.6. The van der Waals surface area contributed by atoms with E-state index in [1.54, 1.807) is 0 Å².